The molecular weight excluding hydrogens is 322 g/mol. The Morgan fingerprint density at radius 2 is 1.12 bits per heavy atom. The number of hydrogen-bond donors (Lipinski definition) is 0. The van der Waals surface area contributed by atoms with Crippen molar-refractivity contribution >= 4 is 39.0 Å². The van der Waals surface area contributed by atoms with Crippen LogP contribution in [0, 0.1) is 6.92 Å². The Morgan fingerprint density at radius 3 is 1.65 bits per heavy atom. The molecule has 3 nitrogen and oxygen atoms in total. The third-order valence-electron chi connectivity index (χ3n) is 4.70. The summed E-state index contributed by atoms with van der Waals surface area (Å²) < 4.78 is 11.6. The first-order valence-electron chi connectivity index (χ1n) is 8.60. The number of aryl methyl sites for hydroxylation is 1. The van der Waals surface area contributed by atoms with E-state index in [9.17, 15) is 0 Å². The summed E-state index contributed by atoms with van der Waals surface area (Å²) in [4.78, 5) is 2.19. The number of furan rings is 2. The number of fused-ring (bicyclic) bond motifs is 2. The maximum Gasteiger partial charge on any atom is 0.136 e. The monoisotopic (exact) mass is 339 g/mol. The average Bonchev–Trinajstić information content (AvgIpc) is 3.29. The van der Waals surface area contributed by atoms with Gasteiger partial charge in [0.25, 0.3) is 0 Å². The first-order valence-corrected chi connectivity index (χ1v) is 8.60. The average molecular weight is 339 g/mol. The highest BCUT2D eigenvalue weighted by Gasteiger charge is 2.21. The Balaban J connectivity index is 1.79. The van der Waals surface area contributed by atoms with Crippen LogP contribution in [0.5, 0.6) is 0 Å². The number of anilines is 3. The third kappa shape index (κ3) is 2.29. The van der Waals surface area contributed by atoms with Gasteiger partial charge < -0.3 is 13.7 Å². The highest BCUT2D eigenvalue weighted by Crippen LogP contribution is 2.43. The van der Waals surface area contributed by atoms with E-state index in [1.54, 1.807) is 0 Å². The molecule has 0 saturated carbocycles. The fourth-order valence-electron chi connectivity index (χ4n) is 3.38. The Labute approximate surface area is 151 Å². The first kappa shape index (κ1) is 14.8. The lowest BCUT2D eigenvalue weighted by Crippen LogP contribution is -2.08. The molecule has 2 aromatic heterocycles. The Morgan fingerprint density at radius 1 is 0.615 bits per heavy atom. The Hall–Kier alpha value is -3.46. The first-order chi connectivity index (χ1) is 12.8. The largest absolute Gasteiger partial charge is 0.462 e. The van der Waals surface area contributed by atoms with Crippen molar-refractivity contribution in [2.24, 2.45) is 0 Å². The van der Waals surface area contributed by atoms with Crippen molar-refractivity contribution in [2.45, 2.75) is 6.92 Å². The van der Waals surface area contributed by atoms with Gasteiger partial charge >= 0.3 is 0 Å². The maximum atomic E-state index is 5.81. The standard InChI is InChI=1S/C23H17NO2/c1-16-10-12-17(13-11-16)24(20-14-25-22-8-4-2-6-18(20)22)21-15-26-23-9-5-3-7-19(21)23/h2-15H,1H3. The van der Waals surface area contributed by atoms with Crippen molar-refractivity contribution in [1.29, 1.82) is 0 Å². The molecule has 0 aliphatic heterocycles. The molecule has 26 heavy (non-hydrogen) atoms. The minimum absolute atomic E-state index is 0.868. The van der Waals surface area contributed by atoms with E-state index in [0.29, 0.717) is 0 Å². The van der Waals surface area contributed by atoms with Crippen LogP contribution >= 0.6 is 0 Å². The van der Waals surface area contributed by atoms with Gasteiger partial charge in [0.2, 0.25) is 0 Å². The van der Waals surface area contributed by atoms with Crippen LogP contribution in [-0.2, 0) is 0 Å². The molecule has 0 fully saturated rings. The molecule has 126 valence electrons. The molecule has 0 N–H and O–H groups in total. The lowest BCUT2D eigenvalue weighted by molar-refractivity contribution is 0.613. The third-order valence-corrected chi connectivity index (χ3v) is 4.70. The lowest BCUT2D eigenvalue weighted by Gasteiger charge is -2.23. The van der Waals surface area contributed by atoms with E-state index in [1.165, 1.54) is 5.56 Å². The van der Waals surface area contributed by atoms with E-state index in [1.807, 2.05) is 48.9 Å². The van der Waals surface area contributed by atoms with Crippen LogP contribution in [0.2, 0.25) is 0 Å². The predicted molar refractivity (Wildman–Crippen MR) is 105 cm³/mol. The normalized spacial score (nSPS) is 11.3. The fourth-order valence-corrected chi connectivity index (χ4v) is 3.38. The quantitative estimate of drug-likeness (QED) is 0.356. The zero-order chi connectivity index (χ0) is 17.5. The summed E-state index contributed by atoms with van der Waals surface area (Å²) in [5.41, 5.74) is 6.02. The molecule has 0 saturated heterocycles. The summed E-state index contributed by atoms with van der Waals surface area (Å²) in [7, 11) is 0. The molecular formula is C23H17NO2. The second-order valence-electron chi connectivity index (χ2n) is 6.41. The van der Waals surface area contributed by atoms with Gasteiger partial charge in [-0.3, -0.25) is 0 Å². The molecule has 0 bridgehead atoms. The van der Waals surface area contributed by atoms with Gasteiger partial charge in [-0.1, -0.05) is 42.0 Å². The minimum atomic E-state index is 0.868. The van der Waals surface area contributed by atoms with Gasteiger partial charge in [-0.15, -0.1) is 0 Å². The topological polar surface area (TPSA) is 29.5 Å². The molecule has 0 atom stereocenters. The van der Waals surface area contributed by atoms with E-state index in [2.05, 4.69) is 48.2 Å². The number of benzene rings is 3. The molecule has 0 spiro atoms. The van der Waals surface area contributed by atoms with E-state index in [4.69, 9.17) is 8.83 Å². The van der Waals surface area contributed by atoms with Crippen molar-refractivity contribution < 1.29 is 8.83 Å². The molecule has 0 aliphatic carbocycles. The zero-order valence-corrected chi connectivity index (χ0v) is 14.3. The molecule has 0 aliphatic rings. The van der Waals surface area contributed by atoms with Gasteiger partial charge in [0.1, 0.15) is 23.7 Å². The molecule has 0 unspecified atom stereocenters. The van der Waals surface area contributed by atoms with Gasteiger partial charge in [-0.05, 0) is 43.3 Å². The summed E-state index contributed by atoms with van der Waals surface area (Å²) in [6.45, 7) is 2.09. The number of para-hydroxylation sites is 2. The maximum absolute atomic E-state index is 5.81. The highest BCUT2D eigenvalue weighted by atomic mass is 16.3. The van der Waals surface area contributed by atoms with E-state index < -0.39 is 0 Å². The predicted octanol–water partition coefficient (Wildman–Crippen LogP) is 6.96. The van der Waals surface area contributed by atoms with Crippen molar-refractivity contribution in [3.05, 3.63) is 90.9 Å². The molecule has 0 amide bonds. The smallest absolute Gasteiger partial charge is 0.136 e. The van der Waals surface area contributed by atoms with Crippen LogP contribution in [0.4, 0.5) is 17.1 Å². The van der Waals surface area contributed by atoms with Gasteiger partial charge in [0, 0.05) is 16.5 Å². The molecule has 0 radical (unpaired) electrons. The van der Waals surface area contributed by atoms with Crippen LogP contribution in [0.1, 0.15) is 5.56 Å². The number of hydrogen-bond acceptors (Lipinski definition) is 3. The molecule has 3 aromatic carbocycles. The molecule has 3 heteroatoms. The van der Waals surface area contributed by atoms with Crippen molar-refractivity contribution in [2.75, 3.05) is 4.90 Å². The fraction of sp³-hybridized carbons (Fsp3) is 0.0435. The van der Waals surface area contributed by atoms with Crippen LogP contribution < -0.4 is 4.90 Å². The zero-order valence-electron chi connectivity index (χ0n) is 14.3. The van der Waals surface area contributed by atoms with E-state index >= 15 is 0 Å². The van der Waals surface area contributed by atoms with Crippen LogP contribution in [0.3, 0.4) is 0 Å². The Bertz CT molecular complexity index is 1120. The lowest BCUT2D eigenvalue weighted by atomic mass is 10.1. The van der Waals surface area contributed by atoms with Crippen LogP contribution in [-0.4, -0.2) is 0 Å². The summed E-state index contributed by atoms with van der Waals surface area (Å²) in [6.07, 6.45) is 3.62. The van der Waals surface area contributed by atoms with Crippen LogP contribution in [0.25, 0.3) is 21.9 Å². The summed E-state index contributed by atoms with van der Waals surface area (Å²) in [6, 6.07) is 24.6. The molecule has 5 aromatic rings. The summed E-state index contributed by atoms with van der Waals surface area (Å²) in [5, 5.41) is 2.14. The molecule has 2 heterocycles. The van der Waals surface area contributed by atoms with Crippen LogP contribution in [0.15, 0.2) is 94.2 Å². The summed E-state index contributed by atoms with van der Waals surface area (Å²) >= 11 is 0. The van der Waals surface area contributed by atoms with Crippen molar-refractivity contribution in [1.82, 2.24) is 0 Å². The van der Waals surface area contributed by atoms with Crippen molar-refractivity contribution in [3.8, 4) is 0 Å². The number of rotatable bonds is 3. The van der Waals surface area contributed by atoms with Crippen molar-refractivity contribution in [3.63, 3.8) is 0 Å². The number of nitrogens with zero attached hydrogens (tertiary/aromatic N) is 1. The van der Waals surface area contributed by atoms with E-state index in [-0.39, 0.29) is 0 Å². The van der Waals surface area contributed by atoms with Gasteiger partial charge in [-0.2, -0.15) is 0 Å². The van der Waals surface area contributed by atoms with Gasteiger partial charge in [0.05, 0.1) is 11.4 Å². The van der Waals surface area contributed by atoms with Gasteiger partial charge in [-0.25, -0.2) is 0 Å². The van der Waals surface area contributed by atoms with E-state index in [0.717, 1.165) is 39.0 Å². The SMILES string of the molecule is Cc1ccc(N(c2coc3ccccc23)c2coc3ccccc23)cc1. The second kappa shape index (κ2) is 5.81. The minimum Gasteiger partial charge on any atom is -0.462 e. The second-order valence-corrected chi connectivity index (χ2v) is 6.41. The Kier molecular flexibility index (Phi) is 3.32. The highest BCUT2D eigenvalue weighted by molar-refractivity contribution is 6.02. The summed E-state index contributed by atoms with van der Waals surface area (Å²) in [5.74, 6) is 0. The van der Waals surface area contributed by atoms with Gasteiger partial charge in [0.15, 0.2) is 0 Å². The molecule has 5 rings (SSSR count).